The second-order valence-electron chi connectivity index (χ2n) is 6.96. The quantitative estimate of drug-likeness (QED) is 0.719. The van der Waals surface area contributed by atoms with Gasteiger partial charge in [-0.25, -0.2) is 9.97 Å². The predicted molar refractivity (Wildman–Crippen MR) is 88.3 cm³/mol. The normalized spacial score (nSPS) is 30.2. The maximum atomic E-state index is 12.5. The molecule has 0 saturated carbocycles. The number of aryl methyl sites for hydroxylation is 1. The molecular formula is C16H22N4O6. The van der Waals surface area contributed by atoms with Crippen LogP contribution in [0, 0.1) is 0 Å². The van der Waals surface area contributed by atoms with Crippen molar-refractivity contribution in [1.29, 1.82) is 0 Å². The van der Waals surface area contributed by atoms with Crippen LogP contribution in [0.1, 0.15) is 26.5 Å². The predicted octanol–water partition coefficient (Wildman–Crippen LogP) is -0.615. The Kier molecular flexibility index (Phi) is 4.32. The summed E-state index contributed by atoms with van der Waals surface area (Å²) in [6, 6.07) is 0. The summed E-state index contributed by atoms with van der Waals surface area (Å²) in [5, 5.41) is 18.5. The van der Waals surface area contributed by atoms with E-state index in [0.717, 1.165) is 0 Å². The Balaban J connectivity index is 1.71. The molecule has 0 amide bonds. The van der Waals surface area contributed by atoms with E-state index in [-0.39, 0.29) is 24.3 Å². The largest absolute Gasteiger partial charge is 0.396 e. The van der Waals surface area contributed by atoms with Gasteiger partial charge in [0.1, 0.15) is 24.6 Å². The zero-order valence-electron chi connectivity index (χ0n) is 14.6. The number of fused-ring (bicyclic) bond motifs is 2. The Morgan fingerprint density at radius 3 is 2.69 bits per heavy atom. The zero-order valence-corrected chi connectivity index (χ0v) is 14.6. The van der Waals surface area contributed by atoms with Gasteiger partial charge >= 0.3 is 0 Å². The van der Waals surface area contributed by atoms with Crippen LogP contribution in [-0.4, -0.2) is 66.6 Å². The molecular weight excluding hydrogens is 344 g/mol. The lowest BCUT2D eigenvalue weighted by molar-refractivity contribution is -0.199. The third kappa shape index (κ3) is 2.74. The molecule has 2 aliphatic rings. The fourth-order valence-electron chi connectivity index (χ4n) is 3.56. The fraction of sp³-hybridized carbons (Fsp3) is 0.688. The number of aromatic nitrogens is 4. The third-order valence-electron chi connectivity index (χ3n) is 4.69. The van der Waals surface area contributed by atoms with E-state index < -0.39 is 30.3 Å². The van der Waals surface area contributed by atoms with Gasteiger partial charge in [-0.2, -0.15) is 0 Å². The van der Waals surface area contributed by atoms with Crippen molar-refractivity contribution >= 4 is 11.2 Å². The fourth-order valence-corrected chi connectivity index (χ4v) is 3.56. The number of ether oxygens (including phenoxy) is 3. The number of rotatable bonds is 5. The molecule has 10 nitrogen and oxygen atoms in total. The summed E-state index contributed by atoms with van der Waals surface area (Å²) < 4.78 is 20.8. The number of aliphatic hydroxyl groups is 2. The number of hydrogen-bond donors (Lipinski definition) is 2. The minimum Gasteiger partial charge on any atom is -0.396 e. The van der Waals surface area contributed by atoms with E-state index in [4.69, 9.17) is 19.3 Å². The summed E-state index contributed by atoms with van der Waals surface area (Å²) in [5.74, 6) is -0.786. The molecule has 0 unspecified atom stereocenters. The van der Waals surface area contributed by atoms with E-state index >= 15 is 0 Å². The number of nitrogens with zero attached hydrogens (tertiary/aromatic N) is 4. The van der Waals surface area contributed by atoms with Crippen molar-refractivity contribution in [1.82, 2.24) is 19.1 Å². The van der Waals surface area contributed by atoms with Gasteiger partial charge in [-0.1, -0.05) is 0 Å². The van der Waals surface area contributed by atoms with Gasteiger partial charge in [0.15, 0.2) is 23.2 Å². The van der Waals surface area contributed by atoms with Gasteiger partial charge in [-0.3, -0.25) is 13.9 Å². The molecule has 0 bridgehead atoms. The van der Waals surface area contributed by atoms with Crippen LogP contribution in [0.3, 0.4) is 0 Å². The molecule has 0 radical (unpaired) electrons. The molecule has 2 aliphatic heterocycles. The zero-order chi connectivity index (χ0) is 18.5. The molecule has 4 atom stereocenters. The Bertz CT molecular complexity index is 862. The molecule has 4 rings (SSSR count). The summed E-state index contributed by atoms with van der Waals surface area (Å²) in [7, 11) is 0. The lowest BCUT2D eigenvalue weighted by atomic mass is 10.1. The van der Waals surface area contributed by atoms with Crippen molar-refractivity contribution < 1.29 is 24.4 Å². The van der Waals surface area contributed by atoms with Crippen molar-refractivity contribution in [3.05, 3.63) is 23.0 Å². The van der Waals surface area contributed by atoms with Crippen LogP contribution in [0.4, 0.5) is 0 Å². The second-order valence-corrected chi connectivity index (χ2v) is 6.96. The van der Waals surface area contributed by atoms with Gasteiger partial charge in [-0.05, 0) is 20.3 Å². The highest BCUT2D eigenvalue weighted by molar-refractivity contribution is 5.69. The third-order valence-corrected chi connectivity index (χ3v) is 4.69. The molecule has 2 aromatic rings. The first-order valence-corrected chi connectivity index (χ1v) is 8.60. The Morgan fingerprint density at radius 2 is 1.96 bits per heavy atom. The Morgan fingerprint density at radius 1 is 1.19 bits per heavy atom. The number of imidazole rings is 1. The van der Waals surface area contributed by atoms with Crippen LogP contribution in [-0.2, 0) is 20.8 Å². The molecule has 0 aliphatic carbocycles. The highest BCUT2D eigenvalue weighted by atomic mass is 16.8. The molecule has 2 fully saturated rings. The standard InChI is InChI=1S/C16H22N4O6/c1-16(2)25-11-9(6-22)24-15(12(11)26-16)20-8-17-10-13(20)18-7-19(14(10)23)4-3-5-21/h7-9,11-12,15,21-22H,3-6H2,1-2H3/t9-,11-,12-,15-/m1/s1. The first kappa shape index (κ1) is 17.6. The van der Waals surface area contributed by atoms with E-state index in [2.05, 4.69) is 9.97 Å². The molecule has 0 spiro atoms. The smallest absolute Gasteiger partial charge is 0.281 e. The highest BCUT2D eigenvalue weighted by Crippen LogP contribution is 2.43. The summed E-state index contributed by atoms with van der Waals surface area (Å²) in [4.78, 5) is 21.1. The summed E-state index contributed by atoms with van der Waals surface area (Å²) >= 11 is 0. The minimum atomic E-state index is -0.786. The average Bonchev–Trinajstić information content (AvgIpc) is 3.25. The van der Waals surface area contributed by atoms with Crippen LogP contribution in [0.2, 0.25) is 0 Å². The number of hydrogen-bond acceptors (Lipinski definition) is 8. The lowest BCUT2D eigenvalue weighted by Crippen LogP contribution is -2.31. The van der Waals surface area contributed by atoms with Crippen molar-refractivity contribution in [3.63, 3.8) is 0 Å². The molecule has 142 valence electrons. The number of aliphatic hydroxyl groups excluding tert-OH is 2. The molecule has 2 N–H and O–H groups in total. The first-order chi connectivity index (χ1) is 12.4. The van der Waals surface area contributed by atoms with Crippen molar-refractivity contribution in [2.24, 2.45) is 0 Å². The maximum Gasteiger partial charge on any atom is 0.281 e. The van der Waals surface area contributed by atoms with Crippen LogP contribution < -0.4 is 5.56 Å². The van der Waals surface area contributed by atoms with E-state index in [1.54, 1.807) is 18.4 Å². The topological polar surface area (TPSA) is 121 Å². The van der Waals surface area contributed by atoms with Gasteiger partial charge in [-0.15, -0.1) is 0 Å². The van der Waals surface area contributed by atoms with E-state index in [0.29, 0.717) is 18.6 Å². The van der Waals surface area contributed by atoms with Gasteiger partial charge in [0, 0.05) is 13.2 Å². The van der Waals surface area contributed by atoms with Crippen molar-refractivity contribution in [2.75, 3.05) is 13.2 Å². The van der Waals surface area contributed by atoms with E-state index in [1.165, 1.54) is 17.2 Å². The van der Waals surface area contributed by atoms with Crippen LogP contribution in [0.25, 0.3) is 11.2 Å². The van der Waals surface area contributed by atoms with Crippen LogP contribution in [0.15, 0.2) is 17.4 Å². The lowest BCUT2D eigenvalue weighted by Gasteiger charge is -2.24. The highest BCUT2D eigenvalue weighted by Gasteiger charge is 2.55. The molecule has 4 heterocycles. The SMILES string of the molecule is CC1(C)O[C@@H]2[C@H](O1)[C@@H](CO)O[C@H]2n1cnc2c(=O)n(CCCO)cnc21. The van der Waals surface area contributed by atoms with Gasteiger partial charge in [0.25, 0.3) is 5.56 Å². The Labute approximate surface area is 148 Å². The van der Waals surface area contributed by atoms with Crippen LogP contribution >= 0.6 is 0 Å². The van der Waals surface area contributed by atoms with Gasteiger partial charge in [0.05, 0.1) is 12.9 Å². The van der Waals surface area contributed by atoms with Crippen molar-refractivity contribution in [2.45, 2.75) is 57.1 Å². The molecule has 2 saturated heterocycles. The average molecular weight is 366 g/mol. The molecule has 10 heteroatoms. The monoisotopic (exact) mass is 366 g/mol. The Hall–Kier alpha value is -1.85. The molecule has 26 heavy (non-hydrogen) atoms. The van der Waals surface area contributed by atoms with E-state index in [9.17, 15) is 9.90 Å². The minimum absolute atomic E-state index is 0.00638. The van der Waals surface area contributed by atoms with E-state index in [1.807, 2.05) is 0 Å². The van der Waals surface area contributed by atoms with Gasteiger partial charge in [0.2, 0.25) is 0 Å². The first-order valence-electron chi connectivity index (χ1n) is 8.60. The van der Waals surface area contributed by atoms with Crippen molar-refractivity contribution in [3.8, 4) is 0 Å². The van der Waals surface area contributed by atoms with Gasteiger partial charge < -0.3 is 24.4 Å². The summed E-state index contributed by atoms with van der Waals surface area (Å²) in [5.41, 5.74) is 0.321. The maximum absolute atomic E-state index is 12.5. The molecule has 2 aromatic heterocycles. The second kappa shape index (κ2) is 6.39. The van der Waals surface area contributed by atoms with Crippen LogP contribution in [0.5, 0.6) is 0 Å². The summed E-state index contributed by atoms with van der Waals surface area (Å²) in [6.07, 6.45) is 1.39. The molecule has 0 aromatic carbocycles. The summed E-state index contributed by atoms with van der Waals surface area (Å²) in [6.45, 7) is 3.77.